The van der Waals surface area contributed by atoms with Crippen molar-refractivity contribution in [1.29, 1.82) is 0 Å². The van der Waals surface area contributed by atoms with E-state index in [0.29, 0.717) is 18.0 Å². The number of benzene rings is 1. The van der Waals surface area contributed by atoms with Crippen LogP contribution in [0.15, 0.2) is 30.3 Å². The third-order valence-corrected chi connectivity index (χ3v) is 4.31. The SMILES string of the molecule is CC(C)(C)C1OCCCC1CNC(=O)CNC(=O)c1ccccc1. The zero-order chi connectivity index (χ0) is 17.6. The first-order valence-electron chi connectivity index (χ1n) is 8.59. The molecule has 1 aromatic rings. The van der Waals surface area contributed by atoms with Crippen molar-refractivity contribution in [2.24, 2.45) is 11.3 Å². The van der Waals surface area contributed by atoms with Gasteiger partial charge in [-0.3, -0.25) is 9.59 Å². The van der Waals surface area contributed by atoms with Gasteiger partial charge in [-0.1, -0.05) is 39.0 Å². The summed E-state index contributed by atoms with van der Waals surface area (Å²) >= 11 is 0. The second-order valence-electron chi connectivity index (χ2n) is 7.41. The quantitative estimate of drug-likeness (QED) is 0.870. The van der Waals surface area contributed by atoms with Crippen LogP contribution >= 0.6 is 0 Å². The molecule has 0 aromatic heterocycles. The van der Waals surface area contributed by atoms with Crippen LogP contribution in [0.25, 0.3) is 0 Å². The Labute approximate surface area is 144 Å². The molecule has 1 aliphatic rings. The molecule has 0 spiro atoms. The second-order valence-corrected chi connectivity index (χ2v) is 7.41. The Balaban J connectivity index is 1.77. The molecule has 2 unspecified atom stereocenters. The molecule has 2 N–H and O–H groups in total. The molecule has 2 amide bonds. The third-order valence-electron chi connectivity index (χ3n) is 4.31. The van der Waals surface area contributed by atoms with Gasteiger partial charge in [0.05, 0.1) is 12.6 Å². The summed E-state index contributed by atoms with van der Waals surface area (Å²) in [4.78, 5) is 23.9. The van der Waals surface area contributed by atoms with Gasteiger partial charge < -0.3 is 15.4 Å². The average molecular weight is 332 g/mol. The molecule has 132 valence electrons. The van der Waals surface area contributed by atoms with Gasteiger partial charge in [-0.15, -0.1) is 0 Å². The van der Waals surface area contributed by atoms with E-state index in [1.807, 2.05) is 6.07 Å². The minimum absolute atomic E-state index is 0.0124. The number of amides is 2. The van der Waals surface area contributed by atoms with Gasteiger partial charge in [-0.25, -0.2) is 0 Å². The molecule has 24 heavy (non-hydrogen) atoms. The maximum absolute atomic E-state index is 12.0. The topological polar surface area (TPSA) is 67.4 Å². The van der Waals surface area contributed by atoms with Crippen molar-refractivity contribution < 1.29 is 14.3 Å². The van der Waals surface area contributed by atoms with Gasteiger partial charge in [0.25, 0.3) is 5.91 Å². The number of ether oxygens (including phenoxy) is 1. The van der Waals surface area contributed by atoms with Crippen molar-refractivity contribution in [3.8, 4) is 0 Å². The van der Waals surface area contributed by atoms with Gasteiger partial charge in [-0.2, -0.15) is 0 Å². The average Bonchev–Trinajstić information content (AvgIpc) is 2.58. The molecule has 1 saturated heterocycles. The van der Waals surface area contributed by atoms with Gasteiger partial charge in [0.2, 0.25) is 5.91 Å². The number of hydrogen-bond donors (Lipinski definition) is 2. The first kappa shape index (κ1) is 18.5. The fourth-order valence-electron chi connectivity index (χ4n) is 3.17. The van der Waals surface area contributed by atoms with E-state index < -0.39 is 0 Å². The van der Waals surface area contributed by atoms with Gasteiger partial charge >= 0.3 is 0 Å². The maximum Gasteiger partial charge on any atom is 0.251 e. The lowest BCUT2D eigenvalue weighted by Gasteiger charge is -2.40. The zero-order valence-corrected chi connectivity index (χ0v) is 14.8. The second kappa shape index (κ2) is 8.29. The molecule has 0 bridgehead atoms. The highest BCUT2D eigenvalue weighted by atomic mass is 16.5. The van der Waals surface area contributed by atoms with E-state index in [2.05, 4.69) is 31.4 Å². The molecule has 0 radical (unpaired) electrons. The molecule has 0 saturated carbocycles. The molecule has 1 aliphatic heterocycles. The standard InChI is InChI=1S/C19H28N2O3/c1-19(2,3)17-15(10-7-11-24-17)12-20-16(22)13-21-18(23)14-8-5-4-6-9-14/h4-6,8-9,15,17H,7,10-13H2,1-3H3,(H,20,22)(H,21,23). The highest BCUT2D eigenvalue weighted by molar-refractivity contribution is 5.96. The molecular weight excluding hydrogens is 304 g/mol. The van der Waals surface area contributed by atoms with Gasteiger partial charge in [-0.05, 0) is 30.4 Å². The van der Waals surface area contributed by atoms with Gasteiger partial charge in [0.15, 0.2) is 0 Å². The Bertz CT molecular complexity index is 551. The number of rotatable bonds is 5. The van der Waals surface area contributed by atoms with Crippen LogP contribution in [0.2, 0.25) is 0 Å². The monoisotopic (exact) mass is 332 g/mol. The lowest BCUT2D eigenvalue weighted by atomic mass is 9.78. The maximum atomic E-state index is 12.0. The van der Waals surface area contributed by atoms with Crippen molar-refractivity contribution in [3.05, 3.63) is 35.9 Å². The van der Waals surface area contributed by atoms with E-state index in [4.69, 9.17) is 4.74 Å². The van der Waals surface area contributed by atoms with Crippen molar-refractivity contribution in [1.82, 2.24) is 10.6 Å². The molecule has 5 nitrogen and oxygen atoms in total. The Hall–Kier alpha value is -1.88. The molecular formula is C19H28N2O3. The van der Waals surface area contributed by atoms with E-state index in [-0.39, 0.29) is 29.9 Å². The molecule has 1 heterocycles. The van der Waals surface area contributed by atoms with E-state index in [1.54, 1.807) is 24.3 Å². The van der Waals surface area contributed by atoms with E-state index in [9.17, 15) is 9.59 Å². The fourth-order valence-corrected chi connectivity index (χ4v) is 3.17. The van der Waals surface area contributed by atoms with Crippen LogP contribution in [0.1, 0.15) is 44.0 Å². The number of carbonyl (C=O) groups excluding carboxylic acids is 2. The smallest absolute Gasteiger partial charge is 0.251 e. The third kappa shape index (κ3) is 5.34. The van der Waals surface area contributed by atoms with Crippen LogP contribution in [0.4, 0.5) is 0 Å². The highest BCUT2D eigenvalue weighted by Gasteiger charge is 2.35. The summed E-state index contributed by atoms with van der Waals surface area (Å²) in [5, 5.41) is 5.57. The minimum Gasteiger partial charge on any atom is -0.377 e. The van der Waals surface area contributed by atoms with E-state index >= 15 is 0 Å². The Morgan fingerprint density at radius 2 is 1.88 bits per heavy atom. The fraction of sp³-hybridized carbons (Fsp3) is 0.579. The summed E-state index contributed by atoms with van der Waals surface area (Å²) < 4.78 is 5.92. The van der Waals surface area contributed by atoms with E-state index in [0.717, 1.165) is 19.4 Å². The lowest BCUT2D eigenvalue weighted by Crippen LogP contribution is -2.46. The van der Waals surface area contributed by atoms with Crippen molar-refractivity contribution >= 4 is 11.8 Å². The van der Waals surface area contributed by atoms with Crippen LogP contribution in [0.5, 0.6) is 0 Å². The highest BCUT2D eigenvalue weighted by Crippen LogP contribution is 2.33. The minimum atomic E-state index is -0.237. The summed E-state index contributed by atoms with van der Waals surface area (Å²) in [5.74, 6) is -0.0932. The van der Waals surface area contributed by atoms with Gasteiger partial charge in [0, 0.05) is 24.6 Å². The summed E-state index contributed by atoms with van der Waals surface area (Å²) in [6, 6.07) is 8.89. The molecule has 1 fully saturated rings. The molecule has 5 heteroatoms. The normalized spacial score (nSPS) is 21.1. The summed E-state index contributed by atoms with van der Waals surface area (Å²) in [5.41, 5.74) is 0.607. The number of hydrogen-bond acceptors (Lipinski definition) is 3. The molecule has 2 atom stereocenters. The predicted molar refractivity (Wildman–Crippen MR) is 93.7 cm³/mol. The van der Waals surface area contributed by atoms with Crippen molar-refractivity contribution in [2.75, 3.05) is 19.7 Å². The Morgan fingerprint density at radius 3 is 2.54 bits per heavy atom. The Kier molecular flexibility index (Phi) is 6.37. The van der Waals surface area contributed by atoms with Crippen molar-refractivity contribution in [2.45, 2.75) is 39.7 Å². The Morgan fingerprint density at radius 1 is 1.17 bits per heavy atom. The summed E-state index contributed by atoms with van der Waals surface area (Å²) in [6.07, 6.45) is 2.22. The van der Waals surface area contributed by atoms with Crippen LogP contribution in [0, 0.1) is 11.3 Å². The zero-order valence-electron chi connectivity index (χ0n) is 14.8. The first-order valence-corrected chi connectivity index (χ1v) is 8.59. The van der Waals surface area contributed by atoms with Crippen LogP contribution < -0.4 is 10.6 Å². The van der Waals surface area contributed by atoms with Crippen LogP contribution in [-0.4, -0.2) is 37.6 Å². The summed E-state index contributed by atoms with van der Waals surface area (Å²) in [6.45, 7) is 7.86. The molecule has 0 aliphatic carbocycles. The van der Waals surface area contributed by atoms with E-state index in [1.165, 1.54) is 0 Å². The van der Waals surface area contributed by atoms with Crippen LogP contribution in [-0.2, 0) is 9.53 Å². The largest absolute Gasteiger partial charge is 0.377 e. The summed E-state index contributed by atoms with van der Waals surface area (Å²) in [7, 11) is 0. The first-order chi connectivity index (χ1) is 11.4. The molecule has 2 rings (SSSR count). The predicted octanol–water partition coefficient (Wildman–Crippen LogP) is 2.37. The lowest BCUT2D eigenvalue weighted by molar-refractivity contribution is -0.122. The van der Waals surface area contributed by atoms with Crippen molar-refractivity contribution in [3.63, 3.8) is 0 Å². The number of carbonyl (C=O) groups is 2. The number of nitrogens with one attached hydrogen (secondary N) is 2. The van der Waals surface area contributed by atoms with Gasteiger partial charge in [0.1, 0.15) is 0 Å². The molecule has 1 aromatic carbocycles. The van der Waals surface area contributed by atoms with Crippen LogP contribution in [0.3, 0.4) is 0 Å².